The van der Waals surface area contributed by atoms with E-state index in [1.165, 1.54) is 0 Å². The summed E-state index contributed by atoms with van der Waals surface area (Å²) in [5.41, 5.74) is 3.92. The van der Waals surface area contributed by atoms with Crippen LogP contribution in [0.15, 0.2) is 109 Å². The van der Waals surface area contributed by atoms with Gasteiger partial charge in [-0.15, -0.1) is 0 Å². The van der Waals surface area contributed by atoms with Crippen molar-refractivity contribution in [3.63, 3.8) is 0 Å². The molecule has 4 aromatic rings. The van der Waals surface area contributed by atoms with E-state index in [1.54, 1.807) is 38.9 Å². The fourth-order valence-corrected chi connectivity index (χ4v) is 4.39. The Kier molecular flexibility index (Phi) is 11.7. The maximum absolute atomic E-state index is 6.26. The van der Waals surface area contributed by atoms with Gasteiger partial charge in [0.1, 0.15) is 11.5 Å². The van der Waals surface area contributed by atoms with E-state index >= 15 is 0 Å². The summed E-state index contributed by atoms with van der Waals surface area (Å²) in [4.78, 5) is 0. The lowest BCUT2D eigenvalue weighted by Gasteiger charge is -2.14. The van der Waals surface area contributed by atoms with Crippen molar-refractivity contribution in [3.05, 3.63) is 109 Å². The summed E-state index contributed by atoms with van der Waals surface area (Å²) in [5.74, 6) is 3.06. The van der Waals surface area contributed by atoms with Crippen LogP contribution >= 0.6 is 23.9 Å². The summed E-state index contributed by atoms with van der Waals surface area (Å²) in [6, 6.07) is 35.9. The van der Waals surface area contributed by atoms with Crippen molar-refractivity contribution in [2.75, 3.05) is 34.2 Å². The van der Waals surface area contributed by atoms with E-state index < -0.39 is 0 Å². The van der Waals surface area contributed by atoms with Crippen LogP contribution in [0.5, 0.6) is 11.5 Å². The summed E-state index contributed by atoms with van der Waals surface area (Å²) in [5, 5.41) is 0. The summed E-state index contributed by atoms with van der Waals surface area (Å²) in [6.07, 6.45) is 0. The molecule has 0 atom stereocenters. The van der Waals surface area contributed by atoms with Gasteiger partial charge in [0.2, 0.25) is 0 Å². The van der Waals surface area contributed by atoms with Crippen molar-refractivity contribution < 1.29 is 14.0 Å². The van der Waals surface area contributed by atoms with Gasteiger partial charge in [0.05, 0.1) is 0 Å². The van der Waals surface area contributed by atoms with Crippen LogP contribution in [0.3, 0.4) is 0 Å². The minimum atomic E-state index is 0.578. The number of hydrogen-bond donors (Lipinski definition) is 2. The molecular weight excluding hydrogens is 498 g/mol. The zero-order chi connectivity index (χ0) is 25.4. The van der Waals surface area contributed by atoms with Gasteiger partial charge in [0, 0.05) is 36.1 Å². The molecule has 0 unspecified atom stereocenters. The monoisotopic (exact) mass is 526 g/mol. The molecule has 0 fully saturated rings. The molecule has 37 heavy (non-hydrogen) atoms. The lowest BCUT2D eigenvalue weighted by molar-refractivity contribution is 0.369. The highest BCUT2D eigenvalue weighted by Crippen LogP contribution is 2.18. The van der Waals surface area contributed by atoms with E-state index in [9.17, 15) is 0 Å². The van der Waals surface area contributed by atoms with Crippen LogP contribution in [0.1, 0.15) is 0 Å². The van der Waals surface area contributed by atoms with Crippen molar-refractivity contribution in [1.82, 2.24) is 0 Å². The van der Waals surface area contributed by atoms with E-state index in [0.29, 0.717) is 13.2 Å². The highest BCUT2D eigenvalue weighted by Gasteiger charge is 2.11. The molecule has 0 aliphatic heterocycles. The minimum Gasteiger partial charge on any atom is -0.458 e. The third-order valence-electron chi connectivity index (χ3n) is 5.01. The smallest absolute Gasteiger partial charge is 0.333 e. The molecule has 2 radical (unpaired) electrons. The highest BCUT2D eigenvalue weighted by atomic mass is 32.2. The lowest BCUT2D eigenvalue weighted by Crippen LogP contribution is -2.23. The van der Waals surface area contributed by atoms with Crippen LogP contribution in [0.2, 0.25) is 0 Å². The second kappa shape index (κ2) is 16.0. The molecular formula is C28H28B2N2O3S2. The molecule has 0 heterocycles. The molecule has 5 nitrogen and oxygen atoms in total. The Labute approximate surface area is 229 Å². The normalized spacial score (nSPS) is 10.5. The molecule has 4 rings (SSSR count). The maximum Gasteiger partial charge on any atom is 0.333 e. The molecule has 0 amide bonds. The van der Waals surface area contributed by atoms with Crippen LogP contribution in [-0.2, 0) is 9.31 Å². The average molecular weight is 526 g/mol. The standard InChI is InChI=1S/C28H28B2N2O3S2/c1-3-11-23(12-4-1)31-36-21-19-33-29-25-15-7-9-17-27(25)35-28-18-10-8-16-26(28)30-34-20-22-37-32-24-13-5-2-6-14-24/h1-18,31-32H,19-22H2. The van der Waals surface area contributed by atoms with Crippen LogP contribution in [0.25, 0.3) is 0 Å². The van der Waals surface area contributed by atoms with E-state index in [0.717, 1.165) is 45.3 Å². The first-order valence-electron chi connectivity index (χ1n) is 12.0. The number of rotatable bonds is 16. The maximum atomic E-state index is 6.26. The molecule has 4 aromatic carbocycles. The second-order valence-corrected chi connectivity index (χ2v) is 9.59. The summed E-state index contributed by atoms with van der Waals surface area (Å²) < 4.78 is 24.5. The molecule has 0 saturated carbocycles. The Bertz CT molecular complexity index is 1100. The number of benzene rings is 4. The van der Waals surface area contributed by atoms with Gasteiger partial charge in [-0.2, -0.15) is 0 Å². The average Bonchev–Trinajstić information content (AvgIpc) is 2.95. The Morgan fingerprint density at radius 2 is 0.919 bits per heavy atom. The molecule has 0 aliphatic carbocycles. The predicted molar refractivity (Wildman–Crippen MR) is 161 cm³/mol. The Balaban J connectivity index is 1.19. The third-order valence-corrected chi connectivity index (χ3v) is 6.51. The van der Waals surface area contributed by atoms with Crippen LogP contribution < -0.4 is 25.1 Å². The fraction of sp³-hybridized carbons (Fsp3) is 0.143. The molecule has 0 bridgehead atoms. The molecule has 0 saturated heterocycles. The third kappa shape index (κ3) is 9.78. The molecule has 0 aliphatic rings. The van der Waals surface area contributed by atoms with Gasteiger partial charge in [-0.1, -0.05) is 96.7 Å². The molecule has 0 spiro atoms. The van der Waals surface area contributed by atoms with Gasteiger partial charge >= 0.3 is 15.0 Å². The Hall–Kier alpha value is -2.97. The predicted octanol–water partition coefficient (Wildman–Crippen LogP) is 5.52. The van der Waals surface area contributed by atoms with E-state index in [4.69, 9.17) is 14.0 Å². The Morgan fingerprint density at radius 3 is 1.38 bits per heavy atom. The van der Waals surface area contributed by atoms with Gasteiger partial charge in [-0.25, -0.2) is 0 Å². The quantitative estimate of drug-likeness (QED) is 0.113. The number of para-hydroxylation sites is 4. The Morgan fingerprint density at radius 1 is 0.514 bits per heavy atom. The number of nitrogens with one attached hydrogen (secondary N) is 2. The van der Waals surface area contributed by atoms with E-state index in [1.807, 2.05) is 109 Å². The molecule has 2 N–H and O–H groups in total. The van der Waals surface area contributed by atoms with Gasteiger partial charge in [0.15, 0.2) is 0 Å². The number of hydrogen-bond acceptors (Lipinski definition) is 7. The largest absolute Gasteiger partial charge is 0.458 e. The minimum absolute atomic E-state index is 0.578. The zero-order valence-corrected chi connectivity index (χ0v) is 22.0. The van der Waals surface area contributed by atoms with Crippen molar-refractivity contribution in [3.8, 4) is 11.5 Å². The summed E-state index contributed by atoms with van der Waals surface area (Å²) in [7, 11) is 3.50. The lowest BCUT2D eigenvalue weighted by atomic mass is 9.86. The van der Waals surface area contributed by atoms with Crippen molar-refractivity contribution >= 4 is 61.2 Å². The van der Waals surface area contributed by atoms with E-state index in [-0.39, 0.29) is 0 Å². The van der Waals surface area contributed by atoms with Gasteiger partial charge < -0.3 is 23.5 Å². The molecule has 186 valence electrons. The first-order valence-corrected chi connectivity index (χ1v) is 14.0. The van der Waals surface area contributed by atoms with Gasteiger partial charge in [-0.05, 0) is 47.3 Å². The van der Waals surface area contributed by atoms with Crippen LogP contribution in [-0.4, -0.2) is 39.7 Å². The molecule has 0 aromatic heterocycles. The van der Waals surface area contributed by atoms with Gasteiger partial charge in [0.25, 0.3) is 0 Å². The van der Waals surface area contributed by atoms with E-state index in [2.05, 4.69) is 9.44 Å². The highest BCUT2D eigenvalue weighted by molar-refractivity contribution is 8.00. The van der Waals surface area contributed by atoms with Crippen molar-refractivity contribution in [1.29, 1.82) is 0 Å². The fourth-order valence-electron chi connectivity index (χ4n) is 3.22. The van der Waals surface area contributed by atoms with Crippen molar-refractivity contribution in [2.45, 2.75) is 0 Å². The topological polar surface area (TPSA) is 51.8 Å². The van der Waals surface area contributed by atoms with Crippen LogP contribution in [0, 0.1) is 0 Å². The number of ether oxygens (including phenoxy) is 1. The second-order valence-electron chi connectivity index (χ2n) is 7.79. The number of anilines is 2. The first kappa shape index (κ1) is 27.1. The summed E-state index contributed by atoms with van der Waals surface area (Å²) >= 11 is 3.22. The first-order chi connectivity index (χ1) is 18.4. The zero-order valence-electron chi connectivity index (χ0n) is 20.4. The summed E-state index contributed by atoms with van der Waals surface area (Å²) in [6.45, 7) is 1.16. The molecule has 9 heteroatoms. The van der Waals surface area contributed by atoms with Crippen LogP contribution in [0.4, 0.5) is 11.4 Å². The van der Waals surface area contributed by atoms with Gasteiger partial charge in [-0.3, -0.25) is 0 Å². The van der Waals surface area contributed by atoms with Crippen molar-refractivity contribution in [2.24, 2.45) is 0 Å². The SMILES string of the molecule is [B](OCCSNc1ccccc1)c1ccccc1Oc1ccccc1[B]OCCSNc1ccccc1.